The Kier molecular flexibility index (Phi) is 3.75. The van der Waals surface area contributed by atoms with Gasteiger partial charge in [0.1, 0.15) is 0 Å². The predicted molar refractivity (Wildman–Crippen MR) is 73.0 cm³/mol. The second kappa shape index (κ2) is 5.29. The maximum atomic E-state index is 10.9. The first-order valence-corrected chi connectivity index (χ1v) is 6.49. The van der Waals surface area contributed by atoms with Gasteiger partial charge in [0.2, 0.25) is 0 Å². The summed E-state index contributed by atoms with van der Waals surface area (Å²) < 4.78 is 0. The van der Waals surface area contributed by atoms with E-state index in [1.807, 2.05) is 6.07 Å². The van der Waals surface area contributed by atoms with Crippen molar-refractivity contribution >= 4 is 17.3 Å². The Morgan fingerprint density at radius 3 is 2.72 bits per heavy atom. The maximum Gasteiger partial charge on any atom is 0.337 e. The minimum atomic E-state index is -0.969. The average Bonchev–Trinajstić information content (AvgIpc) is 3.11. The predicted octanol–water partition coefficient (Wildman–Crippen LogP) is 2.59. The van der Waals surface area contributed by atoms with Gasteiger partial charge in [0.05, 0.1) is 5.56 Å². The van der Waals surface area contributed by atoms with Crippen LogP contribution in [0.1, 0.15) is 36.5 Å². The number of nitrogens with zero attached hydrogens (tertiary/aromatic N) is 1. The first-order chi connectivity index (χ1) is 8.61. The van der Waals surface area contributed by atoms with Crippen molar-refractivity contribution in [3.05, 3.63) is 23.8 Å². The normalized spacial score (nSPS) is 14.5. The molecule has 1 aromatic rings. The zero-order chi connectivity index (χ0) is 13.1. The zero-order valence-electron chi connectivity index (χ0n) is 10.7. The van der Waals surface area contributed by atoms with Gasteiger partial charge in [-0.3, -0.25) is 0 Å². The van der Waals surface area contributed by atoms with Crippen molar-refractivity contribution in [2.24, 2.45) is 5.92 Å². The summed E-state index contributed by atoms with van der Waals surface area (Å²) in [6, 6.07) is 5.24. The highest BCUT2D eigenvalue weighted by Gasteiger charge is 2.24. The van der Waals surface area contributed by atoms with Crippen LogP contribution in [-0.4, -0.2) is 24.2 Å². The van der Waals surface area contributed by atoms with E-state index in [9.17, 15) is 4.79 Å². The van der Waals surface area contributed by atoms with Crippen LogP contribution in [0.4, 0.5) is 11.4 Å². The van der Waals surface area contributed by atoms with Crippen LogP contribution >= 0.6 is 0 Å². The fourth-order valence-electron chi connectivity index (χ4n) is 2.15. The van der Waals surface area contributed by atoms with Gasteiger partial charge in [-0.25, -0.2) is 4.79 Å². The third kappa shape index (κ3) is 2.94. The van der Waals surface area contributed by atoms with Crippen molar-refractivity contribution in [1.29, 1.82) is 0 Å². The molecule has 0 atom stereocenters. The maximum absolute atomic E-state index is 10.9. The smallest absolute Gasteiger partial charge is 0.337 e. The molecule has 1 saturated carbocycles. The number of carboxylic acid groups (broad SMARTS) is 1. The highest BCUT2D eigenvalue weighted by Crippen LogP contribution is 2.32. The average molecular weight is 248 g/mol. The zero-order valence-corrected chi connectivity index (χ0v) is 10.7. The Morgan fingerprint density at radius 2 is 2.22 bits per heavy atom. The summed E-state index contributed by atoms with van der Waals surface area (Å²) in [7, 11) is 0. The van der Waals surface area contributed by atoms with Gasteiger partial charge in [0.15, 0.2) is 0 Å². The number of hydrogen-bond acceptors (Lipinski definition) is 3. The molecule has 1 aliphatic carbocycles. The van der Waals surface area contributed by atoms with Crippen molar-refractivity contribution in [2.45, 2.75) is 26.2 Å². The van der Waals surface area contributed by atoms with E-state index in [4.69, 9.17) is 10.8 Å². The Balaban J connectivity index is 2.18. The van der Waals surface area contributed by atoms with Gasteiger partial charge in [0.25, 0.3) is 0 Å². The molecular weight excluding hydrogens is 228 g/mol. The standard InChI is InChI=1S/C14H20N2O2/c1-2-7-16(9-10-3-4-10)11-5-6-12(14(17)18)13(15)8-11/h5-6,8,10H,2-4,7,9,15H2,1H3,(H,17,18). The second-order valence-electron chi connectivity index (χ2n) is 4.97. The molecule has 0 bridgehead atoms. The van der Waals surface area contributed by atoms with Crippen LogP contribution in [0.15, 0.2) is 18.2 Å². The largest absolute Gasteiger partial charge is 0.478 e. The molecule has 18 heavy (non-hydrogen) atoms. The summed E-state index contributed by atoms with van der Waals surface area (Å²) in [5, 5.41) is 8.96. The number of carbonyl (C=O) groups is 1. The quantitative estimate of drug-likeness (QED) is 0.759. The Labute approximate surface area is 107 Å². The van der Waals surface area contributed by atoms with Gasteiger partial charge in [0, 0.05) is 24.5 Å². The van der Waals surface area contributed by atoms with E-state index in [0.29, 0.717) is 5.69 Å². The van der Waals surface area contributed by atoms with Crippen molar-refractivity contribution < 1.29 is 9.90 Å². The topological polar surface area (TPSA) is 66.6 Å². The molecule has 0 aromatic heterocycles. The van der Waals surface area contributed by atoms with E-state index in [0.717, 1.165) is 31.1 Å². The lowest BCUT2D eigenvalue weighted by atomic mass is 10.1. The summed E-state index contributed by atoms with van der Waals surface area (Å²) >= 11 is 0. The molecule has 0 radical (unpaired) electrons. The molecule has 1 fully saturated rings. The van der Waals surface area contributed by atoms with Gasteiger partial charge in [-0.1, -0.05) is 6.92 Å². The highest BCUT2D eigenvalue weighted by atomic mass is 16.4. The molecule has 0 heterocycles. The molecule has 0 unspecified atom stereocenters. The summed E-state index contributed by atoms with van der Waals surface area (Å²) in [6.07, 6.45) is 3.69. The van der Waals surface area contributed by atoms with Crippen LogP contribution in [0, 0.1) is 5.92 Å². The number of benzene rings is 1. The molecule has 4 heteroatoms. The van der Waals surface area contributed by atoms with Gasteiger partial charge in [-0.15, -0.1) is 0 Å². The first kappa shape index (κ1) is 12.7. The molecular formula is C14H20N2O2. The number of nitrogens with two attached hydrogens (primary N) is 1. The lowest BCUT2D eigenvalue weighted by Crippen LogP contribution is -2.26. The second-order valence-corrected chi connectivity index (χ2v) is 4.97. The van der Waals surface area contributed by atoms with Gasteiger partial charge < -0.3 is 15.7 Å². The summed E-state index contributed by atoms with van der Waals surface area (Å²) in [5.74, 6) is -0.166. The van der Waals surface area contributed by atoms with Crippen LogP contribution in [-0.2, 0) is 0 Å². The summed E-state index contributed by atoms with van der Waals surface area (Å²) in [5.41, 5.74) is 7.36. The minimum absolute atomic E-state index is 0.182. The Hall–Kier alpha value is -1.71. The van der Waals surface area contributed by atoms with Crippen LogP contribution in [0.2, 0.25) is 0 Å². The fourth-order valence-corrected chi connectivity index (χ4v) is 2.15. The van der Waals surface area contributed by atoms with Crippen molar-refractivity contribution in [1.82, 2.24) is 0 Å². The molecule has 4 nitrogen and oxygen atoms in total. The molecule has 1 aromatic carbocycles. The molecule has 2 rings (SSSR count). The van der Waals surface area contributed by atoms with Gasteiger partial charge in [-0.05, 0) is 43.4 Å². The first-order valence-electron chi connectivity index (χ1n) is 6.49. The van der Waals surface area contributed by atoms with E-state index in [1.54, 1.807) is 12.1 Å². The van der Waals surface area contributed by atoms with Gasteiger partial charge >= 0.3 is 5.97 Å². The van der Waals surface area contributed by atoms with Gasteiger partial charge in [-0.2, -0.15) is 0 Å². The summed E-state index contributed by atoms with van der Waals surface area (Å²) in [6.45, 7) is 4.19. The lowest BCUT2D eigenvalue weighted by Gasteiger charge is -2.25. The van der Waals surface area contributed by atoms with Crippen LogP contribution in [0.25, 0.3) is 0 Å². The van der Waals surface area contributed by atoms with Crippen molar-refractivity contribution in [2.75, 3.05) is 23.7 Å². The van der Waals surface area contributed by atoms with Crippen LogP contribution in [0.3, 0.4) is 0 Å². The van der Waals surface area contributed by atoms with E-state index in [-0.39, 0.29) is 5.56 Å². The van der Waals surface area contributed by atoms with Crippen molar-refractivity contribution in [3.63, 3.8) is 0 Å². The summed E-state index contributed by atoms with van der Waals surface area (Å²) in [4.78, 5) is 13.2. The molecule has 0 amide bonds. The third-order valence-electron chi connectivity index (χ3n) is 3.30. The number of carboxylic acids is 1. The van der Waals surface area contributed by atoms with E-state index < -0.39 is 5.97 Å². The fraction of sp³-hybridized carbons (Fsp3) is 0.500. The molecule has 0 aliphatic heterocycles. The van der Waals surface area contributed by atoms with Crippen molar-refractivity contribution in [3.8, 4) is 0 Å². The minimum Gasteiger partial charge on any atom is -0.478 e. The highest BCUT2D eigenvalue weighted by molar-refractivity contribution is 5.94. The lowest BCUT2D eigenvalue weighted by molar-refractivity contribution is 0.0698. The Bertz CT molecular complexity index is 441. The molecule has 98 valence electrons. The van der Waals surface area contributed by atoms with Crippen LogP contribution < -0.4 is 10.6 Å². The number of rotatable bonds is 6. The van der Waals surface area contributed by atoms with E-state index in [1.165, 1.54) is 12.8 Å². The molecule has 0 saturated heterocycles. The Morgan fingerprint density at radius 1 is 1.50 bits per heavy atom. The molecule has 3 N–H and O–H groups in total. The van der Waals surface area contributed by atoms with Crippen LogP contribution in [0.5, 0.6) is 0 Å². The number of anilines is 2. The monoisotopic (exact) mass is 248 g/mol. The van der Waals surface area contributed by atoms with E-state index >= 15 is 0 Å². The molecule has 1 aliphatic rings. The number of nitrogen functional groups attached to an aromatic ring is 1. The SMILES string of the molecule is CCCN(CC1CC1)c1ccc(C(=O)O)c(N)c1. The molecule has 0 spiro atoms. The number of hydrogen-bond donors (Lipinski definition) is 2. The van der Waals surface area contributed by atoms with E-state index in [2.05, 4.69) is 11.8 Å². The third-order valence-corrected chi connectivity index (χ3v) is 3.30. The number of aromatic carboxylic acids is 1.